The summed E-state index contributed by atoms with van der Waals surface area (Å²) in [4.78, 5) is 5.99. The van der Waals surface area contributed by atoms with E-state index < -0.39 is 21.8 Å². The summed E-state index contributed by atoms with van der Waals surface area (Å²) in [7, 11) is -1.18. The highest BCUT2D eigenvalue weighted by atomic mass is 35.5. The molecule has 0 saturated carbocycles. The number of hydrogen-bond donors (Lipinski definition) is 0. The molecule has 0 aliphatic carbocycles. The molecule has 0 saturated heterocycles. The Balaban J connectivity index is 2.12. The second-order valence-corrected chi connectivity index (χ2v) is 11.3. The molecule has 1 heterocycles. The minimum absolute atomic E-state index is 0.0430. The lowest BCUT2D eigenvalue weighted by molar-refractivity contribution is 0.159. The van der Waals surface area contributed by atoms with Crippen LogP contribution in [0.1, 0.15) is 56.5 Å². The standard InChI is InChI=1S/C24H35Cl2F2N5O2S/c1-7-29-18(4)31(5)13-11-9-8-10-12-19-14-20(25)23(21(26)15-19)36(34,35)33(24(27)28)22-16(2)30-32(6)17(22)3/h14-15,24H,7-13H2,1-6H3. The normalized spacial score (nSPS) is 13.8. The predicted octanol–water partition coefficient (Wildman–Crippen LogP) is 6.45. The molecule has 0 amide bonds. The Hall–Kier alpha value is -1.75. The van der Waals surface area contributed by atoms with Gasteiger partial charge in [-0.3, -0.25) is 9.67 Å². The average molecular weight is 567 g/mol. The monoisotopic (exact) mass is 565 g/mol. The Morgan fingerprint density at radius 1 is 1.19 bits per heavy atom. The van der Waals surface area contributed by atoms with Gasteiger partial charge in [-0.2, -0.15) is 13.9 Å². The van der Waals surface area contributed by atoms with Gasteiger partial charge in [0.05, 0.1) is 27.3 Å². The Bertz CT molecular complexity index is 1100. The number of benzene rings is 1. The van der Waals surface area contributed by atoms with Crippen molar-refractivity contribution in [3.8, 4) is 0 Å². The van der Waals surface area contributed by atoms with E-state index in [-0.39, 0.29) is 31.4 Å². The summed E-state index contributed by atoms with van der Waals surface area (Å²) in [6.45, 7) is 5.34. The van der Waals surface area contributed by atoms with Crippen LogP contribution in [0.25, 0.3) is 0 Å². The highest BCUT2D eigenvalue weighted by Gasteiger charge is 2.43. The predicted molar refractivity (Wildman–Crippen MR) is 143 cm³/mol. The number of sulfonamides is 1. The van der Waals surface area contributed by atoms with Gasteiger partial charge < -0.3 is 9.45 Å². The quantitative estimate of drug-likeness (QED) is 0.0973. The number of anilines is 1. The van der Waals surface area contributed by atoms with Crippen LogP contribution in [0.4, 0.5) is 14.5 Å². The molecule has 202 valence electrons. The summed E-state index contributed by atoms with van der Waals surface area (Å²) in [5.41, 5.74) is 0.996. The van der Waals surface area contributed by atoms with Crippen LogP contribution in [-0.4, -0.2) is 51.8 Å². The first-order valence-corrected chi connectivity index (χ1v) is 14.0. The zero-order valence-electron chi connectivity index (χ0n) is 21.7. The molecule has 1 aromatic heterocycles. The van der Waals surface area contributed by atoms with Crippen LogP contribution in [0, 0.1) is 13.8 Å². The number of aryl methyl sites for hydroxylation is 3. The van der Waals surface area contributed by atoms with Crippen molar-refractivity contribution >= 4 is 45.1 Å². The highest BCUT2D eigenvalue weighted by Crippen LogP contribution is 2.41. The number of alkyl halides is 2. The molecule has 0 radical (unpaired) electrons. The third kappa shape index (κ3) is 7.18. The summed E-state index contributed by atoms with van der Waals surface area (Å²) in [6.07, 6.45) is 4.55. The Kier molecular flexibility index (Phi) is 11.1. The van der Waals surface area contributed by atoms with Gasteiger partial charge in [-0.1, -0.05) is 40.3 Å². The fourth-order valence-electron chi connectivity index (χ4n) is 4.05. The Morgan fingerprint density at radius 3 is 2.28 bits per heavy atom. The van der Waals surface area contributed by atoms with Gasteiger partial charge in [0.25, 0.3) is 0 Å². The van der Waals surface area contributed by atoms with E-state index >= 15 is 0 Å². The maximum absolute atomic E-state index is 14.1. The number of halogens is 4. The molecule has 0 fully saturated rings. The second kappa shape index (κ2) is 13.2. The van der Waals surface area contributed by atoms with E-state index in [0.717, 1.165) is 50.2 Å². The Morgan fingerprint density at radius 2 is 1.78 bits per heavy atom. The molecule has 0 aliphatic rings. The number of amidine groups is 1. The average Bonchev–Trinajstić information content (AvgIpc) is 3.01. The zero-order valence-corrected chi connectivity index (χ0v) is 24.0. The molecule has 36 heavy (non-hydrogen) atoms. The van der Waals surface area contributed by atoms with Gasteiger partial charge in [-0.15, -0.1) is 4.31 Å². The topological polar surface area (TPSA) is 76.8 Å². The third-order valence-electron chi connectivity index (χ3n) is 6.09. The maximum Gasteiger partial charge on any atom is 0.352 e. The van der Waals surface area contributed by atoms with Crippen LogP contribution in [0.15, 0.2) is 22.0 Å². The van der Waals surface area contributed by atoms with E-state index in [1.807, 2.05) is 20.9 Å². The fraction of sp³-hybridized carbons (Fsp3) is 0.583. The molecule has 1 unspecified atom stereocenters. The number of aromatic nitrogens is 2. The molecule has 0 bridgehead atoms. The molecule has 2 aromatic rings. The first kappa shape index (κ1) is 30.5. The van der Waals surface area contributed by atoms with E-state index in [0.29, 0.717) is 6.42 Å². The first-order valence-electron chi connectivity index (χ1n) is 11.9. The van der Waals surface area contributed by atoms with Crippen molar-refractivity contribution in [3.63, 3.8) is 0 Å². The smallest absolute Gasteiger partial charge is 0.352 e. The van der Waals surface area contributed by atoms with Gasteiger partial charge in [0, 0.05) is 27.2 Å². The van der Waals surface area contributed by atoms with Gasteiger partial charge in [-0.25, -0.2) is 0 Å². The van der Waals surface area contributed by atoms with E-state index in [4.69, 9.17) is 23.2 Å². The van der Waals surface area contributed by atoms with Gasteiger partial charge in [0.2, 0.25) is 4.90 Å². The molecule has 0 N–H and O–H groups in total. The van der Waals surface area contributed by atoms with Crippen molar-refractivity contribution in [1.29, 1.82) is 0 Å². The lowest BCUT2D eigenvalue weighted by Gasteiger charge is -2.29. The minimum atomic E-state index is -4.76. The van der Waals surface area contributed by atoms with Gasteiger partial charge in [0.1, 0.15) is 5.69 Å². The minimum Gasteiger partial charge on any atom is -0.588 e. The van der Waals surface area contributed by atoms with E-state index in [9.17, 15) is 17.5 Å². The molecule has 1 aromatic carbocycles. The number of rotatable bonds is 12. The molecular formula is C24H35Cl2F2N5O2S. The summed E-state index contributed by atoms with van der Waals surface area (Å²) in [5.74, 6) is 1.02. The van der Waals surface area contributed by atoms with E-state index in [1.165, 1.54) is 30.7 Å². The molecule has 0 spiro atoms. The molecule has 1 atom stereocenters. The zero-order chi connectivity index (χ0) is 27.2. The largest absolute Gasteiger partial charge is 0.588 e. The van der Waals surface area contributed by atoms with Crippen molar-refractivity contribution in [2.75, 3.05) is 24.4 Å². The number of nitrogens with zero attached hydrogens (tertiary/aromatic N) is 5. The maximum atomic E-state index is 14.1. The lowest BCUT2D eigenvalue weighted by atomic mass is 10.1. The number of aliphatic imine (C=N–C) groups is 1. The van der Waals surface area contributed by atoms with Crippen molar-refractivity contribution < 1.29 is 17.5 Å². The first-order chi connectivity index (χ1) is 16.8. The van der Waals surface area contributed by atoms with E-state index in [2.05, 4.69) is 15.0 Å². The van der Waals surface area contributed by atoms with Gasteiger partial charge in [-0.05, 0) is 64.7 Å². The summed E-state index contributed by atoms with van der Waals surface area (Å²) >= 11 is 12.6. The van der Waals surface area contributed by atoms with Crippen LogP contribution >= 0.6 is 23.2 Å². The molecule has 0 aliphatic heterocycles. The van der Waals surface area contributed by atoms with E-state index in [1.54, 1.807) is 7.05 Å². The summed E-state index contributed by atoms with van der Waals surface area (Å²) in [5, 5.41) is 3.69. The van der Waals surface area contributed by atoms with Crippen LogP contribution in [0.3, 0.4) is 0 Å². The second-order valence-electron chi connectivity index (χ2n) is 8.72. The van der Waals surface area contributed by atoms with Gasteiger partial charge >= 0.3 is 6.55 Å². The van der Waals surface area contributed by atoms with Crippen LogP contribution in [0.2, 0.25) is 10.0 Å². The number of hydrogen-bond acceptors (Lipinski definition) is 4. The van der Waals surface area contributed by atoms with Crippen LogP contribution in [-0.2, 0) is 28.1 Å². The summed E-state index contributed by atoms with van der Waals surface area (Å²) < 4.78 is 56.3. The highest BCUT2D eigenvalue weighted by molar-refractivity contribution is 7.99. The Labute approximate surface area is 223 Å². The SMILES string of the molecule is CCN=C(C)N(C)CCCCCCc1cc(Cl)c([S+](=O)([O-])N(c2c(C)nn(C)c2C)C(F)F)c(Cl)c1. The van der Waals surface area contributed by atoms with Crippen molar-refractivity contribution in [1.82, 2.24) is 14.7 Å². The summed E-state index contributed by atoms with van der Waals surface area (Å²) in [6, 6.07) is 2.98. The van der Waals surface area contributed by atoms with Crippen molar-refractivity contribution in [2.24, 2.45) is 12.0 Å². The van der Waals surface area contributed by atoms with Crippen molar-refractivity contribution in [3.05, 3.63) is 39.1 Å². The van der Waals surface area contributed by atoms with Crippen LogP contribution in [0.5, 0.6) is 0 Å². The number of unbranched alkanes of at least 4 members (excludes halogenated alkanes) is 3. The van der Waals surface area contributed by atoms with Gasteiger partial charge in [0.15, 0.2) is 10.4 Å². The van der Waals surface area contributed by atoms with Crippen molar-refractivity contribution in [2.45, 2.75) is 71.2 Å². The third-order valence-corrected chi connectivity index (χ3v) is 8.73. The molecule has 12 heteroatoms. The molecule has 2 rings (SSSR count). The molecular weight excluding hydrogens is 531 g/mol. The lowest BCUT2D eigenvalue weighted by Crippen LogP contribution is -2.41. The van der Waals surface area contributed by atoms with Crippen LogP contribution < -0.4 is 4.31 Å². The molecule has 7 nitrogen and oxygen atoms in total. The fourth-order valence-corrected chi connectivity index (χ4v) is 6.69.